The fraction of sp³-hybridized carbons (Fsp3) is 0.273. The molecule has 0 aliphatic heterocycles. The van der Waals surface area contributed by atoms with Crippen molar-refractivity contribution in [2.75, 3.05) is 0 Å². The van der Waals surface area contributed by atoms with Crippen molar-refractivity contribution in [2.24, 2.45) is 0 Å². The highest BCUT2D eigenvalue weighted by molar-refractivity contribution is 7.20. The summed E-state index contributed by atoms with van der Waals surface area (Å²) in [7, 11) is 0. The normalized spacial score (nSPS) is 10.9. The van der Waals surface area contributed by atoms with Crippen molar-refractivity contribution in [1.82, 2.24) is 0 Å². The molecular formula is C22H16N4S2. The first-order valence-electron chi connectivity index (χ1n) is 8.68. The highest BCUT2D eigenvalue weighted by atomic mass is 32.1. The summed E-state index contributed by atoms with van der Waals surface area (Å²) in [5, 5.41) is 41.1. The second kappa shape index (κ2) is 7.10. The number of benzene rings is 1. The van der Waals surface area contributed by atoms with Gasteiger partial charge in [0.05, 0.1) is 0 Å². The Morgan fingerprint density at radius 1 is 0.821 bits per heavy atom. The maximum atomic E-state index is 9.59. The topological polar surface area (TPSA) is 95.2 Å². The molecule has 0 atom stereocenters. The van der Waals surface area contributed by atoms with E-state index in [4.69, 9.17) is 0 Å². The number of hydrogen-bond donors (Lipinski definition) is 0. The molecule has 0 fully saturated rings. The summed E-state index contributed by atoms with van der Waals surface area (Å²) in [6, 6.07) is 12.1. The molecule has 2 aromatic heterocycles. The van der Waals surface area contributed by atoms with E-state index in [1.54, 1.807) is 0 Å². The Bertz CT molecular complexity index is 1280. The Morgan fingerprint density at radius 2 is 1.29 bits per heavy atom. The van der Waals surface area contributed by atoms with Gasteiger partial charge in [0.25, 0.3) is 0 Å². The minimum Gasteiger partial charge on any atom is -0.192 e. The molecule has 0 N–H and O–H groups in total. The van der Waals surface area contributed by atoms with Crippen LogP contribution in [0.5, 0.6) is 0 Å². The number of rotatable bonds is 1. The molecule has 0 saturated carbocycles. The quantitative estimate of drug-likeness (QED) is 0.606. The van der Waals surface area contributed by atoms with Gasteiger partial charge >= 0.3 is 0 Å². The second-order valence-electron chi connectivity index (χ2n) is 7.36. The molecule has 0 unspecified atom stereocenters. The minimum atomic E-state index is -0.140. The third kappa shape index (κ3) is 2.94. The predicted octanol–water partition coefficient (Wildman–Crippen LogP) is 4.37. The number of hydrogen-bond acceptors (Lipinski definition) is 6. The summed E-state index contributed by atoms with van der Waals surface area (Å²) in [5.41, 5.74) is -0.0291. The SMILES string of the molecule is CCc1cc2c(=C(C#N)C#N)c3sc(C(C)(C)C)cc3c(=C(C#N)C#N)c2s1. The van der Waals surface area contributed by atoms with Crippen LogP contribution in [0.2, 0.25) is 0 Å². The van der Waals surface area contributed by atoms with Crippen molar-refractivity contribution in [2.45, 2.75) is 39.5 Å². The van der Waals surface area contributed by atoms with Crippen LogP contribution in [0.25, 0.3) is 31.3 Å². The number of thiophene rings is 2. The van der Waals surface area contributed by atoms with Crippen LogP contribution in [0, 0.1) is 45.3 Å². The van der Waals surface area contributed by atoms with Crippen molar-refractivity contribution in [3.8, 4) is 24.3 Å². The van der Waals surface area contributed by atoms with E-state index in [2.05, 4.69) is 20.8 Å². The standard InChI is InChI=1S/C22H16N4S2/c1-5-14-6-15-18(12(8-23)9-24)21-16(7-17(28-21)22(2,3)4)19(20(15)27-14)13(10-25)11-26/h6-7H,5H2,1-4H3. The average Bonchev–Trinajstić information content (AvgIpc) is 3.28. The molecule has 4 nitrogen and oxygen atoms in total. The van der Waals surface area contributed by atoms with E-state index in [1.807, 2.05) is 43.3 Å². The maximum absolute atomic E-state index is 9.59. The first-order valence-corrected chi connectivity index (χ1v) is 10.3. The van der Waals surface area contributed by atoms with Crippen molar-refractivity contribution in [1.29, 1.82) is 21.0 Å². The molecule has 0 aliphatic carbocycles. The Morgan fingerprint density at radius 3 is 1.71 bits per heavy atom. The van der Waals surface area contributed by atoms with E-state index < -0.39 is 0 Å². The molecule has 0 spiro atoms. The smallest absolute Gasteiger partial charge is 0.138 e. The zero-order valence-corrected chi connectivity index (χ0v) is 17.6. The van der Waals surface area contributed by atoms with E-state index in [9.17, 15) is 21.0 Å². The summed E-state index contributed by atoms with van der Waals surface area (Å²) in [6.45, 7) is 8.30. The van der Waals surface area contributed by atoms with Gasteiger partial charge in [-0.15, -0.1) is 22.7 Å². The lowest BCUT2D eigenvalue weighted by Gasteiger charge is -2.14. The van der Waals surface area contributed by atoms with Gasteiger partial charge in [0.15, 0.2) is 0 Å². The van der Waals surface area contributed by atoms with Crippen LogP contribution >= 0.6 is 22.7 Å². The van der Waals surface area contributed by atoms with E-state index in [1.165, 1.54) is 22.7 Å². The van der Waals surface area contributed by atoms with Crippen LogP contribution < -0.4 is 10.4 Å². The van der Waals surface area contributed by atoms with Crippen LogP contribution in [0.1, 0.15) is 37.4 Å². The second-order valence-corrected chi connectivity index (χ2v) is 9.55. The molecule has 3 aromatic rings. The summed E-state index contributed by atoms with van der Waals surface area (Å²) >= 11 is 3.04. The lowest BCUT2D eigenvalue weighted by atomic mass is 9.93. The van der Waals surface area contributed by atoms with Crippen molar-refractivity contribution in [3.05, 3.63) is 32.3 Å². The van der Waals surface area contributed by atoms with Crippen LogP contribution in [-0.2, 0) is 11.8 Å². The van der Waals surface area contributed by atoms with Crippen LogP contribution in [0.3, 0.4) is 0 Å². The van der Waals surface area contributed by atoms with E-state index in [-0.39, 0.29) is 16.6 Å². The minimum absolute atomic E-state index is 0.0553. The number of fused-ring (bicyclic) bond motifs is 2. The Hall–Kier alpha value is -3.16. The lowest BCUT2D eigenvalue weighted by molar-refractivity contribution is 0.604. The molecule has 0 radical (unpaired) electrons. The molecular weight excluding hydrogens is 384 g/mol. The van der Waals surface area contributed by atoms with Gasteiger partial charge in [-0.2, -0.15) is 21.0 Å². The van der Waals surface area contributed by atoms with Gasteiger partial charge in [0, 0.05) is 40.4 Å². The highest BCUT2D eigenvalue weighted by Crippen LogP contribution is 2.34. The molecule has 6 heteroatoms. The molecule has 0 aliphatic rings. The lowest BCUT2D eigenvalue weighted by Crippen LogP contribution is -2.15. The monoisotopic (exact) mass is 400 g/mol. The van der Waals surface area contributed by atoms with Crippen LogP contribution in [-0.4, -0.2) is 0 Å². The third-order valence-corrected chi connectivity index (χ3v) is 7.42. The molecule has 0 saturated heterocycles. The summed E-state index contributed by atoms with van der Waals surface area (Å²) in [4.78, 5) is 2.15. The highest BCUT2D eigenvalue weighted by Gasteiger charge is 2.22. The molecule has 3 rings (SSSR count). The third-order valence-electron chi connectivity index (χ3n) is 4.54. The zero-order chi connectivity index (χ0) is 20.6. The van der Waals surface area contributed by atoms with Crippen LogP contribution in [0.15, 0.2) is 12.1 Å². The van der Waals surface area contributed by atoms with Gasteiger partial charge in [0.2, 0.25) is 0 Å². The predicted molar refractivity (Wildman–Crippen MR) is 114 cm³/mol. The van der Waals surface area contributed by atoms with E-state index in [0.717, 1.165) is 36.3 Å². The van der Waals surface area contributed by atoms with Gasteiger partial charge in [-0.05, 0) is 24.0 Å². The first-order chi connectivity index (χ1) is 13.3. The number of nitrogens with zero attached hydrogens (tertiary/aromatic N) is 4. The Labute approximate surface area is 171 Å². The van der Waals surface area contributed by atoms with Gasteiger partial charge in [-0.3, -0.25) is 0 Å². The number of nitriles is 4. The van der Waals surface area contributed by atoms with Crippen molar-refractivity contribution >= 4 is 54.0 Å². The van der Waals surface area contributed by atoms with Gasteiger partial charge in [0.1, 0.15) is 35.4 Å². The van der Waals surface area contributed by atoms with E-state index in [0.29, 0.717) is 10.4 Å². The van der Waals surface area contributed by atoms with E-state index >= 15 is 0 Å². The molecule has 0 amide bonds. The largest absolute Gasteiger partial charge is 0.192 e. The molecule has 1 aromatic carbocycles. The summed E-state index contributed by atoms with van der Waals surface area (Å²) < 4.78 is 1.58. The van der Waals surface area contributed by atoms with Crippen molar-refractivity contribution in [3.63, 3.8) is 0 Å². The molecule has 2 heterocycles. The zero-order valence-electron chi connectivity index (χ0n) is 16.0. The van der Waals surface area contributed by atoms with Gasteiger partial charge in [-0.25, -0.2) is 0 Å². The Balaban J connectivity index is 2.86. The average molecular weight is 401 g/mol. The Kier molecular flexibility index (Phi) is 4.97. The van der Waals surface area contributed by atoms with Crippen LogP contribution in [0.4, 0.5) is 0 Å². The first kappa shape index (κ1) is 19.6. The molecule has 28 heavy (non-hydrogen) atoms. The maximum Gasteiger partial charge on any atom is 0.138 e. The molecule has 0 bridgehead atoms. The fourth-order valence-electron chi connectivity index (χ4n) is 3.13. The number of aryl methyl sites for hydroxylation is 1. The summed E-state index contributed by atoms with van der Waals surface area (Å²) in [6.07, 6.45) is 0.794. The summed E-state index contributed by atoms with van der Waals surface area (Å²) in [5.74, 6) is 0. The molecule has 136 valence electrons. The van der Waals surface area contributed by atoms with Crippen molar-refractivity contribution < 1.29 is 0 Å². The van der Waals surface area contributed by atoms with Gasteiger partial charge in [-0.1, -0.05) is 27.7 Å². The fourth-order valence-corrected chi connectivity index (χ4v) is 5.59. The van der Waals surface area contributed by atoms with Gasteiger partial charge < -0.3 is 0 Å².